The SMILES string of the molecule is CCCCCCCC=C=CCCCCCCCC(=O)O[C@H](COC(=O)CCC/C=C/C/C=C/C/C=C/CCCCCCCC)CO[C@H]1O[C@H](CS(=O)(=O)O)[C@@H](O)C(O)C1O. The van der Waals surface area contributed by atoms with Gasteiger partial charge in [-0.15, -0.1) is 5.73 Å². The topological polar surface area (TPSA) is 186 Å². The number of allylic oxidation sites excluding steroid dienone is 7. The van der Waals surface area contributed by atoms with Gasteiger partial charge in [-0.3, -0.25) is 14.1 Å². The Morgan fingerprint density at radius 2 is 1.12 bits per heavy atom. The summed E-state index contributed by atoms with van der Waals surface area (Å²) in [6.45, 7) is 3.67. The summed E-state index contributed by atoms with van der Waals surface area (Å²) in [7, 11) is -4.61. The predicted molar refractivity (Wildman–Crippen MR) is 237 cm³/mol. The number of aliphatic hydroxyl groups excluding tert-OH is 3. The molecule has 0 spiro atoms. The fourth-order valence-electron chi connectivity index (χ4n) is 6.55. The molecule has 1 aliphatic heterocycles. The van der Waals surface area contributed by atoms with Crippen LogP contribution >= 0.6 is 0 Å². The summed E-state index contributed by atoms with van der Waals surface area (Å²) in [6, 6.07) is 0. The van der Waals surface area contributed by atoms with Gasteiger partial charge in [0.15, 0.2) is 12.4 Å². The van der Waals surface area contributed by atoms with E-state index in [0.29, 0.717) is 19.3 Å². The van der Waals surface area contributed by atoms with Crippen LogP contribution in [0.3, 0.4) is 0 Å². The lowest BCUT2D eigenvalue weighted by atomic mass is 10.00. The van der Waals surface area contributed by atoms with Gasteiger partial charge in [0.2, 0.25) is 0 Å². The molecule has 13 heteroatoms. The molecule has 2 unspecified atom stereocenters. The van der Waals surface area contributed by atoms with E-state index in [1.165, 1.54) is 70.6 Å². The number of esters is 2. The maximum atomic E-state index is 12.8. The van der Waals surface area contributed by atoms with E-state index in [0.717, 1.165) is 57.8 Å². The van der Waals surface area contributed by atoms with Crippen LogP contribution in [0.25, 0.3) is 0 Å². The average molecular weight is 869 g/mol. The Morgan fingerprint density at radius 1 is 0.617 bits per heavy atom. The van der Waals surface area contributed by atoms with Gasteiger partial charge in [-0.2, -0.15) is 8.42 Å². The van der Waals surface area contributed by atoms with Crippen molar-refractivity contribution in [3.63, 3.8) is 0 Å². The summed E-state index contributed by atoms with van der Waals surface area (Å²) >= 11 is 0. The van der Waals surface area contributed by atoms with Crippen LogP contribution < -0.4 is 0 Å². The highest BCUT2D eigenvalue weighted by Crippen LogP contribution is 2.24. The van der Waals surface area contributed by atoms with Crippen LogP contribution in [0.5, 0.6) is 0 Å². The average Bonchev–Trinajstić information content (AvgIpc) is 3.21. The van der Waals surface area contributed by atoms with Crippen LogP contribution in [0.1, 0.15) is 174 Å². The summed E-state index contributed by atoms with van der Waals surface area (Å²) in [4.78, 5) is 25.4. The number of unbranched alkanes of at least 4 members (excludes halogenated alkanes) is 17. The molecule has 0 saturated carbocycles. The molecule has 0 aliphatic carbocycles. The largest absolute Gasteiger partial charge is 0.462 e. The summed E-state index contributed by atoms with van der Waals surface area (Å²) in [6.07, 6.45) is 32.3. The second kappa shape index (κ2) is 37.0. The van der Waals surface area contributed by atoms with E-state index >= 15 is 0 Å². The van der Waals surface area contributed by atoms with E-state index in [4.69, 9.17) is 18.9 Å². The van der Waals surface area contributed by atoms with Crippen LogP contribution in [0.4, 0.5) is 0 Å². The highest BCUT2D eigenvalue weighted by atomic mass is 32.2. The Balaban J connectivity index is 2.50. The number of hydrogen-bond donors (Lipinski definition) is 4. The Hall–Kier alpha value is -2.61. The number of ether oxygens (including phenoxy) is 4. The molecule has 1 heterocycles. The standard InChI is InChI=1S/C47H80O12S/c1-3-5-7-9-11-13-15-17-19-20-22-23-25-27-29-31-33-35-42(48)56-37-40(38-57-47-46(52)45(51)44(50)41(59-47)39-60(53,54)55)58-43(49)36-34-32-30-28-26-24-21-18-16-14-12-10-8-6-4-2/h16-17,19,21-23,27,29,40-41,44-47,50-52H,3-15,20,24-26,28,30-39H2,1-2H3,(H,53,54,55)/b19-17+,23-22+,29-27+/t18?,40-,41-,44-,45?,46?,47+/m1/s1. The number of rotatable bonds is 37. The molecule has 0 aromatic rings. The Kier molecular flexibility index (Phi) is 34.2. The van der Waals surface area contributed by atoms with Gasteiger partial charge in [-0.1, -0.05) is 127 Å². The molecule has 1 rings (SSSR count). The first kappa shape index (κ1) is 55.4. The molecule has 0 radical (unpaired) electrons. The van der Waals surface area contributed by atoms with Crippen LogP contribution in [0.2, 0.25) is 0 Å². The van der Waals surface area contributed by atoms with Crippen molar-refractivity contribution in [2.45, 2.75) is 211 Å². The molecule has 0 amide bonds. The van der Waals surface area contributed by atoms with Crippen molar-refractivity contribution in [2.24, 2.45) is 0 Å². The quantitative estimate of drug-likeness (QED) is 0.0153. The maximum Gasteiger partial charge on any atom is 0.306 e. The first-order valence-electron chi connectivity index (χ1n) is 22.9. The Morgan fingerprint density at radius 3 is 1.70 bits per heavy atom. The van der Waals surface area contributed by atoms with Gasteiger partial charge < -0.3 is 34.3 Å². The zero-order chi connectivity index (χ0) is 44.1. The predicted octanol–water partition coefficient (Wildman–Crippen LogP) is 9.33. The Bertz CT molecular complexity index is 1350. The second-order valence-corrected chi connectivity index (χ2v) is 17.3. The van der Waals surface area contributed by atoms with Crippen molar-refractivity contribution in [1.82, 2.24) is 0 Å². The lowest BCUT2D eigenvalue weighted by Gasteiger charge is -2.40. The highest BCUT2D eigenvalue weighted by molar-refractivity contribution is 7.85. The normalized spacial score (nSPS) is 20.1. The van der Waals surface area contributed by atoms with Crippen molar-refractivity contribution >= 4 is 22.1 Å². The molecule has 0 bridgehead atoms. The maximum absolute atomic E-state index is 12.8. The van der Waals surface area contributed by atoms with Gasteiger partial charge >= 0.3 is 11.9 Å². The Labute approximate surface area is 362 Å². The molecule has 0 aromatic heterocycles. The number of carbonyl (C=O) groups is 2. The van der Waals surface area contributed by atoms with Crippen molar-refractivity contribution < 1.29 is 56.8 Å². The highest BCUT2D eigenvalue weighted by Gasteiger charge is 2.46. The second-order valence-electron chi connectivity index (χ2n) is 15.8. The minimum absolute atomic E-state index is 0.132. The first-order valence-corrected chi connectivity index (χ1v) is 24.5. The third kappa shape index (κ3) is 31.3. The van der Waals surface area contributed by atoms with Gasteiger partial charge in [0, 0.05) is 12.8 Å². The van der Waals surface area contributed by atoms with Crippen molar-refractivity contribution in [3.8, 4) is 0 Å². The zero-order valence-corrected chi connectivity index (χ0v) is 37.7. The summed E-state index contributed by atoms with van der Waals surface area (Å²) in [5.41, 5.74) is 3.27. The van der Waals surface area contributed by atoms with Crippen molar-refractivity contribution in [2.75, 3.05) is 19.0 Å². The summed E-state index contributed by atoms with van der Waals surface area (Å²) < 4.78 is 54.0. The van der Waals surface area contributed by atoms with Crippen LogP contribution in [-0.2, 0) is 38.7 Å². The minimum atomic E-state index is -4.61. The van der Waals surface area contributed by atoms with Crippen molar-refractivity contribution in [3.05, 3.63) is 54.3 Å². The molecule has 1 fully saturated rings. The van der Waals surface area contributed by atoms with E-state index in [1.807, 2.05) is 6.08 Å². The van der Waals surface area contributed by atoms with Crippen LogP contribution in [-0.4, -0.2) is 96.0 Å². The van der Waals surface area contributed by atoms with Gasteiger partial charge in [0.05, 0.1) is 6.61 Å². The van der Waals surface area contributed by atoms with Crippen molar-refractivity contribution in [1.29, 1.82) is 0 Å². The molecule has 12 nitrogen and oxygen atoms in total. The first-order chi connectivity index (χ1) is 29.0. The molecular weight excluding hydrogens is 789 g/mol. The molecule has 1 aliphatic rings. The molecular formula is C47H80O12S. The van der Waals surface area contributed by atoms with E-state index in [-0.39, 0.29) is 19.4 Å². The smallest absolute Gasteiger partial charge is 0.306 e. The summed E-state index contributed by atoms with van der Waals surface area (Å²) in [5.74, 6) is -2.08. The van der Waals surface area contributed by atoms with E-state index in [2.05, 4.69) is 62.1 Å². The lowest BCUT2D eigenvalue weighted by Crippen LogP contribution is -2.60. The third-order valence-corrected chi connectivity index (χ3v) is 10.9. The molecule has 0 aromatic carbocycles. The minimum Gasteiger partial charge on any atom is -0.462 e. The molecule has 4 N–H and O–H groups in total. The monoisotopic (exact) mass is 869 g/mol. The van der Waals surface area contributed by atoms with E-state index < -0.39 is 71.2 Å². The van der Waals surface area contributed by atoms with E-state index in [1.54, 1.807) is 0 Å². The zero-order valence-electron chi connectivity index (χ0n) is 36.8. The van der Waals surface area contributed by atoms with Gasteiger partial charge in [0.25, 0.3) is 10.1 Å². The molecule has 60 heavy (non-hydrogen) atoms. The van der Waals surface area contributed by atoms with Crippen LogP contribution in [0, 0.1) is 0 Å². The lowest BCUT2D eigenvalue weighted by molar-refractivity contribution is -0.297. The van der Waals surface area contributed by atoms with Crippen LogP contribution in [0.15, 0.2) is 54.3 Å². The number of aliphatic hydroxyl groups is 3. The third-order valence-electron chi connectivity index (χ3n) is 10.2. The summed E-state index contributed by atoms with van der Waals surface area (Å²) in [5, 5.41) is 30.9. The fraction of sp³-hybridized carbons (Fsp3) is 0.766. The number of hydrogen-bond acceptors (Lipinski definition) is 11. The van der Waals surface area contributed by atoms with Gasteiger partial charge in [-0.05, 0) is 82.8 Å². The number of carbonyl (C=O) groups excluding carboxylic acids is 2. The molecule has 346 valence electrons. The van der Waals surface area contributed by atoms with Gasteiger partial charge in [0.1, 0.15) is 36.8 Å². The fourth-order valence-corrected chi connectivity index (χ4v) is 7.24. The van der Waals surface area contributed by atoms with E-state index in [9.17, 15) is 37.9 Å². The molecule has 1 saturated heterocycles. The van der Waals surface area contributed by atoms with Gasteiger partial charge in [-0.25, -0.2) is 0 Å². The molecule has 6 atom stereocenters.